The van der Waals surface area contributed by atoms with Gasteiger partial charge < -0.3 is 15.4 Å². The highest BCUT2D eigenvalue weighted by atomic mass is 16.5. The monoisotopic (exact) mass is 290 g/mol. The van der Waals surface area contributed by atoms with Crippen LogP contribution in [0.15, 0.2) is 12.3 Å². The highest BCUT2D eigenvalue weighted by Crippen LogP contribution is 2.29. The molecule has 2 aliphatic heterocycles. The fourth-order valence-electron chi connectivity index (χ4n) is 3.34. The largest absolute Gasteiger partial charge is 0.465 e. The molecule has 0 saturated carbocycles. The third kappa shape index (κ3) is 2.68. The lowest BCUT2D eigenvalue weighted by Crippen LogP contribution is -2.35. The van der Waals surface area contributed by atoms with Crippen LogP contribution in [0, 0.1) is 0 Å². The van der Waals surface area contributed by atoms with Crippen molar-refractivity contribution < 1.29 is 9.53 Å². The number of rotatable bonds is 3. The SMILES string of the molecule is COC(=O)c1ccnc(N2CCC(N3CCCC3)C2)c1N. The number of nitrogen functional groups attached to an aromatic ring is 1. The first-order valence-electron chi connectivity index (χ1n) is 7.52. The molecule has 0 spiro atoms. The average molecular weight is 290 g/mol. The first kappa shape index (κ1) is 14.1. The molecule has 1 aromatic rings. The lowest BCUT2D eigenvalue weighted by molar-refractivity contribution is 0.0602. The summed E-state index contributed by atoms with van der Waals surface area (Å²) < 4.78 is 4.76. The summed E-state index contributed by atoms with van der Waals surface area (Å²) in [6, 6.07) is 2.19. The second-order valence-electron chi connectivity index (χ2n) is 5.72. The molecule has 2 fully saturated rings. The second kappa shape index (κ2) is 5.89. The van der Waals surface area contributed by atoms with Gasteiger partial charge in [-0.05, 0) is 38.4 Å². The Balaban J connectivity index is 1.77. The molecule has 1 atom stereocenters. The number of carbonyl (C=O) groups excluding carboxylic acids is 1. The van der Waals surface area contributed by atoms with Crippen LogP contribution >= 0.6 is 0 Å². The maximum atomic E-state index is 11.7. The molecule has 1 unspecified atom stereocenters. The Hall–Kier alpha value is -1.82. The fraction of sp³-hybridized carbons (Fsp3) is 0.600. The molecule has 2 saturated heterocycles. The molecule has 0 bridgehead atoms. The predicted octanol–water partition coefficient (Wildman–Crippen LogP) is 1.12. The van der Waals surface area contributed by atoms with E-state index in [1.54, 1.807) is 12.3 Å². The van der Waals surface area contributed by atoms with Crippen LogP contribution in [0.25, 0.3) is 0 Å². The summed E-state index contributed by atoms with van der Waals surface area (Å²) in [7, 11) is 1.36. The number of methoxy groups -OCH3 is 1. The molecule has 3 rings (SSSR count). The third-order valence-corrected chi connectivity index (χ3v) is 4.49. The molecule has 2 N–H and O–H groups in total. The van der Waals surface area contributed by atoms with Gasteiger partial charge in [0.05, 0.1) is 18.4 Å². The van der Waals surface area contributed by atoms with Crippen LogP contribution in [0.3, 0.4) is 0 Å². The van der Waals surface area contributed by atoms with Gasteiger partial charge in [0.2, 0.25) is 0 Å². The minimum absolute atomic E-state index is 0.395. The van der Waals surface area contributed by atoms with Gasteiger partial charge in [-0.1, -0.05) is 0 Å². The van der Waals surface area contributed by atoms with E-state index in [0.717, 1.165) is 19.5 Å². The van der Waals surface area contributed by atoms with Crippen LogP contribution in [0.5, 0.6) is 0 Å². The van der Waals surface area contributed by atoms with Gasteiger partial charge in [-0.3, -0.25) is 4.90 Å². The van der Waals surface area contributed by atoms with Gasteiger partial charge in [0.1, 0.15) is 0 Å². The number of anilines is 2. The van der Waals surface area contributed by atoms with Crippen molar-refractivity contribution in [2.45, 2.75) is 25.3 Å². The molecule has 0 amide bonds. The van der Waals surface area contributed by atoms with E-state index in [1.165, 1.54) is 33.0 Å². The number of esters is 1. The highest BCUT2D eigenvalue weighted by molar-refractivity contribution is 5.97. The number of aromatic nitrogens is 1. The molecular weight excluding hydrogens is 268 g/mol. The summed E-state index contributed by atoms with van der Waals surface area (Å²) in [6.45, 7) is 4.26. The Morgan fingerprint density at radius 3 is 2.86 bits per heavy atom. The van der Waals surface area contributed by atoms with Crippen molar-refractivity contribution >= 4 is 17.5 Å². The maximum absolute atomic E-state index is 11.7. The number of nitrogens with zero attached hydrogens (tertiary/aromatic N) is 3. The van der Waals surface area contributed by atoms with Gasteiger partial charge in [-0.25, -0.2) is 9.78 Å². The summed E-state index contributed by atoms with van der Waals surface area (Å²) in [5.74, 6) is 0.297. The van der Waals surface area contributed by atoms with Crippen molar-refractivity contribution in [2.75, 3.05) is 43.9 Å². The maximum Gasteiger partial charge on any atom is 0.340 e. The Morgan fingerprint density at radius 1 is 1.38 bits per heavy atom. The van der Waals surface area contributed by atoms with Crippen molar-refractivity contribution in [3.8, 4) is 0 Å². The number of ether oxygens (including phenoxy) is 1. The van der Waals surface area contributed by atoms with Crippen molar-refractivity contribution in [3.63, 3.8) is 0 Å². The second-order valence-corrected chi connectivity index (χ2v) is 5.72. The van der Waals surface area contributed by atoms with E-state index in [0.29, 0.717) is 23.1 Å². The molecule has 0 radical (unpaired) electrons. The summed E-state index contributed by atoms with van der Waals surface area (Å²) in [4.78, 5) is 20.8. The predicted molar refractivity (Wildman–Crippen MR) is 81.4 cm³/mol. The van der Waals surface area contributed by atoms with E-state index in [1.807, 2.05) is 0 Å². The fourth-order valence-corrected chi connectivity index (χ4v) is 3.34. The van der Waals surface area contributed by atoms with E-state index in [2.05, 4.69) is 14.8 Å². The average Bonchev–Trinajstić information content (AvgIpc) is 3.17. The quantitative estimate of drug-likeness (QED) is 0.841. The van der Waals surface area contributed by atoms with Crippen LogP contribution in [0.4, 0.5) is 11.5 Å². The summed E-state index contributed by atoms with van der Waals surface area (Å²) >= 11 is 0. The summed E-state index contributed by atoms with van der Waals surface area (Å²) in [6.07, 6.45) is 5.36. The van der Waals surface area contributed by atoms with Crippen LogP contribution < -0.4 is 10.6 Å². The number of hydrogen-bond acceptors (Lipinski definition) is 6. The molecule has 21 heavy (non-hydrogen) atoms. The van der Waals surface area contributed by atoms with Gasteiger partial charge >= 0.3 is 5.97 Å². The molecule has 6 nitrogen and oxygen atoms in total. The number of likely N-dealkylation sites (tertiary alicyclic amines) is 1. The van der Waals surface area contributed by atoms with Gasteiger partial charge in [0.15, 0.2) is 5.82 Å². The number of pyridine rings is 1. The minimum Gasteiger partial charge on any atom is -0.465 e. The number of nitrogens with two attached hydrogens (primary N) is 1. The Kier molecular flexibility index (Phi) is 3.96. The van der Waals surface area contributed by atoms with Gasteiger partial charge in [-0.15, -0.1) is 0 Å². The smallest absolute Gasteiger partial charge is 0.340 e. The molecule has 0 aromatic carbocycles. The first-order valence-corrected chi connectivity index (χ1v) is 7.52. The standard InChI is InChI=1S/C15H22N4O2/c1-21-15(20)12-4-6-17-14(13(12)16)19-9-5-11(10-19)18-7-2-3-8-18/h4,6,11H,2-3,5,7-10,16H2,1H3. The van der Waals surface area contributed by atoms with Crippen LogP contribution in [-0.4, -0.2) is 55.2 Å². The topological polar surface area (TPSA) is 71.7 Å². The van der Waals surface area contributed by atoms with Gasteiger partial charge in [-0.2, -0.15) is 0 Å². The zero-order valence-corrected chi connectivity index (χ0v) is 12.4. The summed E-state index contributed by atoms with van der Waals surface area (Å²) in [5.41, 5.74) is 6.94. The lowest BCUT2D eigenvalue weighted by Gasteiger charge is -2.24. The number of carbonyl (C=O) groups is 1. The van der Waals surface area contributed by atoms with Gasteiger partial charge in [0.25, 0.3) is 0 Å². The Morgan fingerprint density at radius 2 is 2.14 bits per heavy atom. The Bertz CT molecular complexity index is 528. The third-order valence-electron chi connectivity index (χ3n) is 4.49. The summed E-state index contributed by atoms with van der Waals surface area (Å²) in [5, 5.41) is 0. The van der Waals surface area contributed by atoms with Crippen LogP contribution in [0.2, 0.25) is 0 Å². The zero-order chi connectivity index (χ0) is 14.8. The molecular formula is C15H22N4O2. The number of hydrogen-bond donors (Lipinski definition) is 1. The van der Waals surface area contributed by atoms with Crippen LogP contribution in [0.1, 0.15) is 29.6 Å². The van der Waals surface area contributed by atoms with E-state index in [9.17, 15) is 4.79 Å². The van der Waals surface area contributed by atoms with Gasteiger partial charge in [0, 0.05) is 25.3 Å². The molecule has 2 aliphatic rings. The molecule has 0 aliphatic carbocycles. The van der Waals surface area contributed by atoms with E-state index < -0.39 is 5.97 Å². The zero-order valence-electron chi connectivity index (χ0n) is 12.4. The normalized spacial score (nSPS) is 22.7. The molecule has 114 valence electrons. The molecule has 6 heteroatoms. The highest BCUT2D eigenvalue weighted by Gasteiger charge is 2.31. The van der Waals surface area contributed by atoms with Crippen LogP contribution in [-0.2, 0) is 4.74 Å². The first-order chi connectivity index (χ1) is 10.2. The van der Waals surface area contributed by atoms with E-state index >= 15 is 0 Å². The lowest BCUT2D eigenvalue weighted by atomic mass is 10.2. The molecule has 3 heterocycles. The van der Waals surface area contributed by atoms with E-state index in [-0.39, 0.29) is 0 Å². The van der Waals surface area contributed by atoms with Crippen molar-refractivity contribution in [2.24, 2.45) is 0 Å². The minimum atomic E-state index is -0.411. The Labute approximate surface area is 124 Å². The van der Waals surface area contributed by atoms with Crippen molar-refractivity contribution in [1.82, 2.24) is 9.88 Å². The van der Waals surface area contributed by atoms with E-state index in [4.69, 9.17) is 10.5 Å². The van der Waals surface area contributed by atoms with Crippen molar-refractivity contribution in [3.05, 3.63) is 17.8 Å². The van der Waals surface area contributed by atoms with Crippen molar-refractivity contribution in [1.29, 1.82) is 0 Å². The molecule has 1 aromatic heterocycles.